The number of hydrogen-bond acceptors (Lipinski definition) is 5. The molecule has 1 aromatic carbocycles. The molecular weight excluding hydrogens is 530 g/mol. The van der Waals surface area contributed by atoms with Crippen LogP contribution in [0.1, 0.15) is 48.6 Å². The molecule has 2 aliphatic rings. The number of halogens is 2. The predicted molar refractivity (Wildman–Crippen MR) is 155 cm³/mol. The van der Waals surface area contributed by atoms with Crippen molar-refractivity contribution in [3.05, 3.63) is 46.9 Å². The highest BCUT2D eigenvalue weighted by Gasteiger charge is 2.32. The van der Waals surface area contributed by atoms with Crippen molar-refractivity contribution >= 4 is 25.5 Å². The first-order chi connectivity index (χ1) is 19.1. The zero-order valence-corrected chi connectivity index (χ0v) is 25.2. The highest BCUT2D eigenvalue weighted by Crippen LogP contribution is 2.42. The SMILES string of the molecule is CCC(=O)N1CCc2c(c(N3CCCc4cc(-c5cnn(C)c5)c(C(F)F)cc43)nn2COCC[Si](C)(C)C)C1. The quantitative estimate of drug-likeness (QED) is 0.236. The fourth-order valence-electron chi connectivity index (χ4n) is 5.62. The molecule has 3 aromatic rings. The number of alkyl halides is 2. The number of rotatable bonds is 9. The number of anilines is 2. The highest BCUT2D eigenvalue weighted by atomic mass is 28.3. The second-order valence-electron chi connectivity index (χ2n) is 12.0. The molecule has 0 atom stereocenters. The molecule has 0 aliphatic carbocycles. The second kappa shape index (κ2) is 11.4. The van der Waals surface area contributed by atoms with Crippen molar-refractivity contribution in [1.82, 2.24) is 24.5 Å². The Morgan fingerprint density at radius 3 is 2.65 bits per heavy atom. The summed E-state index contributed by atoms with van der Waals surface area (Å²) in [6.45, 7) is 11.7. The minimum absolute atomic E-state index is 0.00980. The summed E-state index contributed by atoms with van der Waals surface area (Å²) < 4.78 is 38.4. The van der Waals surface area contributed by atoms with Gasteiger partial charge in [-0.25, -0.2) is 13.5 Å². The molecule has 4 heterocycles. The molecule has 216 valence electrons. The lowest BCUT2D eigenvalue weighted by atomic mass is 9.92. The third kappa shape index (κ3) is 5.85. The van der Waals surface area contributed by atoms with Crippen LogP contribution in [0.4, 0.5) is 20.3 Å². The van der Waals surface area contributed by atoms with Gasteiger partial charge in [0.1, 0.15) is 6.73 Å². The number of aromatic nitrogens is 4. The Kier molecular flexibility index (Phi) is 8.14. The molecule has 0 unspecified atom stereocenters. The average Bonchev–Trinajstić information content (AvgIpc) is 3.52. The molecule has 0 radical (unpaired) electrons. The lowest BCUT2D eigenvalue weighted by Gasteiger charge is -2.33. The Morgan fingerprint density at radius 2 is 1.98 bits per heavy atom. The number of ether oxygens (including phenoxy) is 1. The zero-order valence-electron chi connectivity index (χ0n) is 24.2. The zero-order chi connectivity index (χ0) is 28.6. The van der Waals surface area contributed by atoms with Crippen LogP contribution in [-0.2, 0) is 42.7 Å². The molecule has 8 nitrogen and oxygen atoms in total. The summed E-state index contributed by atoms with van der Waals surface area (Å²) in [5.74, 6) is 0.851. The maximum Gasteiger partial charge on any atom is 0.264 e. The Bertz CT molecular complexity index is 1380. The van der Waals surface area contributed by atoms with Gasteiger partial charge in [-0.3, -0.25) is 9.48 Å². The number of aryl methyl sites for hydroxylation is 2. The van der Waals surface area contributed by atoms with Crippen molar-refractivity contribution < 1.29 is 18.3 Å². The molecule has 40 heavy (non-hydrogen) atoms. The van der Waals surface area contributed by atoms with Crippen molar-refractivity contribution in [3.63, 3.8) is 0 Å². The maximum atomic E-state index is 14.4. The topological polar surface area (TPSA) is 68.4 Å². The summed E-state index contributed by atoms with van der Waals surface area (Å²) in [6.07, 6.45) is 3.58. The van der Waals surface area contributed by atoms with E-state index in [1.54, 1.807) is 30.2 Å². The van der Waals surface area contributed by atoms with Gasteiger partial charge < -0.3 is 14.5 Å². The van der Waals surface area contributed by atoms with E-state index in [0.29, 0.717) is 56.9 Å². The lowest BCUT2D eigenvalue weighted by Crippen LogP contribution is -2.36. The number of carbonyl (C=O) groups excluding carboxylic acids is 1. The van der Waals surface area contributed by atoms with Gasteiger partial charge in [-0.1, -0.05) is 26.6 Å². The van der Waals surface area contributed by atoms with Gasteiger partial charge in [-0.2, -0.15) is 10.2 Å². The number of benzene rings is 1. The van der Waals surface area contributed by atoms with E-state index < -0.39 is 14.5 Å². The number of nitrogens with zero attached hydrogens (tertiary/aromatic N) is 6. The molecule has 2 aliphatic heterocycles. The molecule has 0 saturated heterocycles. The largest absolute Gasteiger partial charge is 0.360 e. The molecule has 0 N–H and O–H groups in total. The first-order valence-electron chi connectivity index (χ1n) is 14.2. The van der Waals surface area contributed by atoms with Crippen molar-refractivity contribution in [3.8, 4) is 11.1 Å². The Labute approximate surface area is 235 Å². The summed E-state index contributed by atoms with van der Waals surface area (Å²) in [5, 5.41) is 9.21. The fourth-order valence-corrected chi connectivity index (χ4v) is 6.38. The first kappa shape index (κ1) is 28.5. The molecule has 1 amide bonds. The second-order valence-corrected chi connectivity index (χ2v) is 17.7. The third-order valence-electron chi connectivity index (χ3n) is 7.85. The molecule has 0 bridgehead atoms. The number of hydrogen-bond donors (Lipinski definition) is 0. The summed E-state index contributed by atoms with van der Waals surface area (Å²) >= 11 is 0. The molecule has 2 aromatic heterocycles. The lowest BCUT2D eigenvalue weighted by molar-refractivity contribution is -0.131. The van der Waals surface area contributed by atoms with E-state index in [9.17, 15) is 13.6 Å². The van der Waals surface area contributed by atoms with E-state index in [2.05, 4.69) is 29.6 Å². The van der Waals surface area contributed by atoms with Gasteiger partial charge in [0.15, 0.2) is 5.82 Å². The fraction of sp³-hybridized carbons (Fsp3) is 0.552. The standard InChI is InChI=1S/C29H40F2N6O2Si/c1-6-27(38)35-11-9-25-24(18-35)29(33-37(25)19-39-12-13-40(3,4)5)36-10-7-8-20-14-22(21-16-32-34(2)17-21)23(28(30)31)15-26(20)36/h14-17,28H,6-13,18-19H2,1-5H3. The summed E-state index contributed by atoms with van der Waals surface area (Å²) in [5.41, 5.74) is 5.03. The molecule has 0 saturated carbocycles. The van der Waals surface area contributed by atoms with E-state index in [0.717, 1.165) is 47.2 Å². The minimum Gasteiger partial charge on any atom is -0.360 e. The number of amides is 1. The maximum absolute atomic E-state index is 14.4. The summed E-state index contributed by atoms with van der Waals surface area (Å²) in [7, 11) is 0.557. The molecular formula is C29H40F2N6O2Si. The van der Waals surface area contributed by atoms with Crippen LogP contribution < -0.4 is 4.90 Å². The van der Waals surface area contributed by atoms with Crippen LogP contribution in [0.15, 0.2) is 24.5 Å². The molecule has 5 rings (SSSR count). The monoisotopic (exact) mass is 570 g/mol. The van der Waals surface area contributed by atoms with Gasteiger partial charge >= 0.3 is 0 Å². The first-order valence-corrected chi connectivity index (χ1v) is 17.9. The summed E-state index contributed by atoms with van der Waals surface area (Å²) in [4.78, 5) is 16.6. The Morgan fingerprint density at radius 1 is 1.18 bits per heavy atom. The Balaban J connectivity index is 1.54. The van der Waals surface area contributed by atoms with Crippen LogP contribution in [0.5, 0.6) is 0 Å². The van der Waals surface area contributed by atoms with Crippen LogP contribution in [0.3, 0.4) is 0 Å². The van der Waals surface area contributed by atoms with Crippen LogP contribution in [0.2, 0.25) is 25.7 Å². The predicted octanol–water partition coefficient (Wildman–Crippen LogP) is 5.91. The minimum atomic E-state index is -2.63. The van der Waals surface area contributed by atoms with Crippen molar-refractivity contribution in [2.24, 2.45) is 7.05 Å². The highest BCUT2D eigenvalue weighted by molar-refractivity contribution is 6.76. The van der Waals surface area contributed by atoms with E-state index in [4.69, 9.17) is 9.84 Å². The van der Waals surface area contributed by atoms with Crippen molar-refractivity contribution in [2.45, 2.75) is 78.0 Å². The smallest absolute Gasteiger partial charge is 0.264 e. The van der Waals surface area contributed by atoms with Crippen LogP contribution in [0.25, 0.3) is 11.1 Å². The normalized spacial score (nSPS) is 15.5. The van der Waals surface area contributed by atoms with E-state index in [1.807, 2.05) is 22.6 Å². The van der Waals surface area contributed by atoms with Gasteiger partial charge in [-0.05, 0) is 42.1 Å². The summed E-state index contributed by atoms with van der Waals surface area (Å²) in [6, 6.07) is 4.60. The van der Waals surface area contributed by atoms with E-state index in [1.165, 1.54) is 0 Å². The number of carbonyl (C=O) groups is 1. The van der Waals surface area contributed by atoms with Gasteiger partial charge in [-0.15, -0.1) is 0 Å². The molecule has 0 spiro atoms. The number of fused-ring (bicyclic) bond motifs is 2. The molecule has 0 fully saturated rings. The van der Waals surface area contributed by atoms with Gasteiger partial charge in [0.25, 0.3) is 6.43 Å². The van der Waals surface area contributed by atoms with Crippen LogP contribution in [-0.4, -0.2) is 58.1 Å². The van der Waals surface area contributed by atoms with Gasteiger partial charge in [0.05, 0.1) is 18.4 Å². The Hall–Kier alpha value is -3.05. The van der Waals surface area contributed by atoms with E-state index in [-0.39, 0.29) is 11.5 Å². The van der Waals surface area contributed by atoms with Gasteiger partial charge in [0.2, 0.25) is 5.91 Å². The van der Waals surface area contributed by atoms with Crippen molar-refractivity contribution in [1.29, 1.82) is 0 Å². The van der Waals surface area contributed by atoms with Crippen molar-refractivity contribution in [2.75, 3.05) is 24.6 Å². The third-order valence-corrected chi connectivity index (χ3v) is 9.56. The van der Waals surface area contributed by atoms with Gasteiger partial charge in [0, 0.05) is 76.2 Å². The average molecular weight is 571 g/mol. The van der Waals surface area contributed by atoms with Crippen LogP contribution in [0, 0.1) is 0 Å². The molecule has 11 heteroatoms. The van der Waals surface area contributed by atoms with Crippen LogP contribution >= 0.6 is 0 Å². The van der Waals surface area contributed by atoms with E-state index >= 15 is 0 Å².